The zero-order chi connectivity index (χ0) is 22.5. The van der Waals surface area contributed by atoms with Gasteiger partial charge in [-0.15, -0.1) is 0 Å². The van der Waals surface area contributed by atoms with Gasteiger partial charge in [0, 0.05) is 23.2 Å². The van der Waals surface area contributed by atoms with Gasteiger partial charge in [0.05, 0.1) is 16.8 Å². The van der Waals surface area contributed by atoms with Crippen molar-refractivity contribution in [2.75, 3.05) is 18.1 Å². The summed E-state index contributed by atoms with van der Waals surface area (Å²) in [5, 5.41) is 0.706. The number of nitrogens with zero attached hydrogens (tertiary/aromatic N) is 2. The zero-order valence-electron chi connectivity index (χ0n) is 18.1. The third-order valence-corrected chi connectivity index (χ3v) is 5.40. The van der Waals surface area contributed by atoms with Crippen LogP contribution in [0.5, 0.6) is 0 Å². The summed E-state index contributed by atoms with van der Waals surface area (Å²) >= 11 is 0. The molecule has 0 saturated carbocycles. The van der Waals surface area contributed by atoms with Crippen molar-refractivity contribution in [3.63, 3.8) is 0 Å². The standard InChI is InChI=1S/C27H24N2O3/c1-3-29(21-14-8-5-9-15-21)24(30)18-32-27(31)25-19(2)26(20-12-6-4-7-13-20)28-23-17-11-10-16-22(23)25/h4-17H,3,18H2,1-2H3. The van der Waals surface area contributed by atoms with E-state index in [0.717, 1.165) is 22.5 Å². The van der Waals surface area contributed by atoms with Gasteiger partial charge < -0.3 is 9.64 Å². The number of anilines is 1. The number of benzene rings is 3. The molecule has 5 heteroatoms. The van der Waals surface area contributed by atoms with Crippen molar-refractivity contribution in [2.45, 2.75) is 13.8 Å². The first-order valence-corrected chi connectivity index (χ1v) is 10.6. The monoisotopic (exact) mass is 424 g/mol. The Labute approximate surface area is 187 Å². The lowest BCUT2D eigenvalue weighted by Crippen LogP contribution is -2.34. The third kappa shape index (κ3) is 4.23. The molecule has 0 saturated heterocycles. The quantitative estimate of drug-likeness (QED) is 0.388. The van der Waals surface area contributed by atoms with E-state index in [0.29, 0.717) is 23.0 Å². The van der Waals surface area contributed by atoms with Crippen molar-refractivity contribution in [3.05, 3.63) is 96.1 Å². The minimum atomic E-state index is -0.532. The van der Waals surface area contributed by atoms with Crippen molar-refractivity contribution < 1.29 is 14.3 Å². The Kier molecular flexibility index (Phi) is 6.26. The van der Waals surface area contributed by atoms with Gasteiger partial charge in [0.15, 0.2) is 6.61 Å². The summed E-state index contributed by atoms with van der Waals surface area (Å²) in [5.74, 6) is -0.804. The molecular formula is C27H24N2O3. The minimum Gasteiger partial charge on any atom is -0.452 e. The Balaban J connectivity index is 1.65. The predicted molar refractivity (Wildman–Crippen MR) is 127 cm³/mol. The number of esters is 1. The van der Waals surface area contributed by atoms with Gasteiger partial charge in [0.1, 0.15) is 0 Å². The van der Waals surface area contributed by atoms with Crippen molar-refractivity contribution in [2.24, 2.45) is 0 Å². The molecule has 4 rings (SSSR count). The van der Waals surface area contributed by atoms with Crippen LogP contribution in [0, 0.1) is 6.92 Å². The Hall–Kier alpha value is -3.99. The predicted octanol–water partition coefficient (Wildman–Crippen LogP) is 5.42. The number of rotatable bonds is 6. The van der Waals surface area contributed by atoms with Crippen LogP contribution in [0.2, 0.25) is 0 Å². The molecule has 0 aliphatic rings. The molecule has 5 nitrogen and oxygen atoms in total. The van der Waals surface area contributed by atoms with Crippen LogP contribution in [0.25, 0.3) is 22.2 Å². The SMILES string of the molecule is CCN(C(=O)COC(=O)c1c(C)c(-c2ccccc2)nc2ccccc12)c1ccccc1. The number of hydrogen-bond donors (Lipinski definition) is 0. The first-order valence-electron chi connectivity index (χ1n) is 10.6. The summed E-state index contributed by atoms with van der Waals surface area (Å²) < 4.78 is 5.52. The molecule has 3 aromatic carbocycles. The highest BCUT2D eigenvalue weighted by Gasteiger charge is 2.22. The topological polar surface area (TPSA) is 59.5 Å². The average molecular weight is 425 g/mol. The molecule has 1 aromatic heterocycles. The van der Waals surface area contributed by atoms with Crippen LogP contribution in [0.4, 0.5) is 5.69 Å². The van der Waals surface area contributed by atoms with Crippen LogP contribution < -0.4 is 4.90 Å². The van der Waals surface area contributed by atoms with Crippen molar-refractivity contribution in [1.82, 2.24) is 4.98 Å². The fraction of sp³-hybridized carbons (Fsp3) is 0.148. The maximum Gasteiger partial charge on any atom is 0.339 e. The normalized spacial score (nSPS) is 10.7. The molecule has 0 aliphatic carbocycles. The second-order valence-electron chi connectivity index (χ2n) is 7.39. The number of fused-ring (bicyclic) bond motifs is 1. The highest BCUT2D eigenvalue weighted by molar-refractivity contribution is 6.07. The number of likely N-dealkylation sites (N-methyl/N-ethyl adjacent to an activating group) is 1. The van der Waals surface area contributed by atoms with E-state index in [4.69, 9.17) is 9.72 Å². The highest BCUT2D eigenvalue weighted by atomic mass is 16.5. The van der Waals surface area contributed by atoms with E-state index in [1.54, 1.807) is 4.90 Å². The second kappa shape index (κ2) is 9.43. The van der Waals surface area contributed by atoms with Crippen LogP contribution in [0.1, 0.15) is 22.8 Å². The first kappa shape index (κ1) is 21.2. The molecule has 1 heterocycles. The molecule has 0 N–H and O–H groups in total. The van der Waals surface area contributed by atoms with E-state index in [-0.39, 0.29) is 12.5 Å². The maximum atomic E-state index is 13.2. The largest absolute Gasteiger partial charge is 0.452 e. The molecule has 0 atom stereocenters. The average Bonchev–Trinajstić information content (AvgIpc) is 2.84. The summed E-state index contributed by atoms with van der Waals surface area (Å²) in [6, 6.07) is 26.5. The van der Waals surface area contributed by atoms with E-state index in [9.17, 15) is 9.59 Å². The summed E-state index contributed by atoms with van der Waals surface area (Å²) in [6.45, 7) is 3.90. The number of pyridine rings is 1. The third-order valence-electron chi connectivity index (χ3n) is 5.40. The van der Waals surface area contributed by atoms with Crippen LogP contribution >= 0.6 is 0 Å². The molecule has 0 fully saturated rings. The number of aromatic nitrogens is 1. The number of carbonyl (C=O) groups excluding carboxylic acids is 2. The van der Waals surface area contributed by atoms with Gasteiger partial charge in [-0.2, -0.15) is 0 Å². The van der Waals surface area contributed by atoms with Gasteiger partial charge in [-0.25, -0.2) is 9.78 Å². The molecule has 0 spiro atoms. The molecule has 4 aromatic rings. The van der Waals surface area contributed by atoms with E-state index in [2.05, 4.69) is 0 Å². The number of carbonyl (C=O) groups is 2. The lowest BCUT2D eigenvalue weighted by molar-refractivity contribution is -0.121. The molecule has 160 valence electrons. The summed E-state index contributed by atoms with van der Waals surface area (Å²) in [4.78, 5) is 32.4. The molecule has 0 unspecified atom stereocenters. The molecular weight excluding hydrogens is 400 g/mol. The van der Waals surface area contributed by atoms with Gasteiger partial charge in [-0.1, -0.05) is 66.7 Å². The van der Waals surface area contributed by atoms with Gasteiger partial charge in [-0.3, -0.25) is 4.79 Å². The first-order chi connectivity index (χ1) is 15.6. The maximum absolute atomic E-state index is 13.2. The molecule has 32 heavy (non-hydrogen) atoms. The Morgan fingerprint density at radius 2 is 1.50 bits per heavy atom. The fourth-order valence-corrected chi connectivity index (χ4v) is 3.84. The van der Waals surface area contributed by atoms with Gasteiger partial charge in [0.2, 0.25) is 0 Å². The lowest BCUT2D eigenvalue weighted by Gasteiger charge is -2.21. The highest BCUT2D eigenvalue weighted by Crippen LogP contribution is 2.30. The van der Waals surface area contributed by atoms with E-state index in [1.807, 2.05) is 98.8 Å². The van der Waals surface area contributed by atoms with Crippen molar-refractivity contribution in [1.29, 1.82) is 0 Å². The smallest absolute Gasteiger partial charge is 0.339 e. The second-order valence-corrected chi connectivity index (χ2v) is 7.39. The summed E-state index contributed by atoms with van der Waals surface area (Å²) in [7, 11) is 0. The number of ether oxygens (including phenoxy) is 1. The Morgan fingerprint density at radius 1 is 0.875 bits per heavy atom. The molecule has 1 amide bonds. The minimum absolute atomic E-state index is 0.272. The van der Waals surface area contributed by atoms with Gasteiger partial charge in [0.25, 0.3) is 5.91 Å². The summed E-state index contributed by atoms with van der Waals surface area (Å²) in [6.07, 6.45) is 0. The lowest BCUT2D eigenvalue weighted by atomic mass is 9.98. The zero-order valence-corrected chi connectivity index (χ0v) is 18.1. The fourth-order valence-electron chi connectivity index (χ4n) is 3.84. The van der Waals surface area contributed by atoms with Crippen LogP contribution in [-0.2, 0) is 9.53 Å². The van der Waals surface area contributed by atoms with E-state index >= 15 is 0 Å². The van der Waals surface area contributed by atoms with Crippen LogP contribution in [-0.4, -0.2) is 30.0 Å². The van der Waals surface area contributed by atoms with Crippen LogP contribution in [0.15, 0.2) is 84.9 Å². The summed E-state index contributed by atoms with van der Waals surface area (Å²) in [5.41, 5.74) is 4.28. The van der Waals surface area contributed by atoms with Crippen LogP contribution in [0.3, 0.4) is 0 Å². The molecule has 0 radical (unpaired) electrons. The van der Waals surface area contributed by atoms with Gasteiger partial charge in [-0.05, 0) is 37.6 Å². The number of para-hydroxylation sites is 2. The molecule has 0 aliphatic heterocycles. The van der Waals surface area contributed by atoms with Gasteiger partial charge >= 0.3 is 5.97 Å². The molecule has 0 bridgehead atoms. The Bertz CT molecular complexity index is 1250. The number of amides is 1. The van der Waals surface area contributed by atoms with Crippen molar-refractivity contribution >= 4 is 28.5 Å². The van der Waals surface area contributed by atoms with E-state index in [1.165, 1.54) is 0 Å². The number of hydrogen-bond acceptors (Lipinski definition) is 4. The van der Waals surface area contributed by atoms with E-state index < -0.39 is 5.97 Å². The van der Waals surface area contributed by atoms with Crippen molar-refractivity contribution in [3.8, 4) is 11.3 Å². The Morgan fingerprint density at radius 3 is 2.19 bits per heavy atom.